The Hall–Kier alpha value is -1.83. The Labute approximate surface area is 104 Å². The van der Waals surface area contributed by atoms with Gasteiger partial charge in [0.15, 0.2) is 11.9 Å². The average molecular weight is 303 g/mol. The second-order valence-corrected chi connectivity index (χ2v) is 4.08. The number of benzene rings is 1. The van der Waals surface area contributed by atoms with Crippen LogP contribution in [-0.2, 0) is 4.94 Å². The Bertz CT molecular complexity index is 494. The molecule has 1 aliphatic heterocycles. The average Bonchev–Trinajstić information content (AvgIpc) is 2.80. The van der Waals surface area contributed by atoms with Crippen LogP contribution in [0.25, 0.3) is 0 Å². The summed E-state index contributed by atoms with van der Waals surface area (Å²) in [5, 5.41) is 16.3. The van der Waals surface area contributed by atoms with Gasteiger partial charge in [-0.3, -0.25) is 4.94 Å². The molecular weight excluding hydrogens is 295 g/mol. The van der Waals surface area contributed by atoms with Crippen molar-refractivity contribution in [3.05, 3.63) is 28.5 Å². The van der Waals surface area contributed by atoms with Crippen LogP contribution in [0.5, 0.6) is 0 Å². The highest BCUT2D eigenvalue weighted by atomic mass is 79.9. The van der Waals surface area contributed by atoms with Gasteiger partial charge in [-0.2, -0.15) is 5.06 Å². The second-order valence-electron chi connectivity index (χ2n) is 3.23. The minimum atomic E-state index is -0.627. The molecule has 8 heteroatoms. The highest BCUT2D eigenvalue weighted by molar-refractivity contribution is 9.10. The van der Waals surface area contributed by atoms with Crippen molar-refractivity contribution in [2.75, 3.05) is 5.06 Å². The van der Waals surface area contributed by atoms with E-state index in [2.05, 4.69) is 26.2 Å². The van der Waals surface area contributed by atoms with Crippen LogP contribution in [0.15, 0.2) is 33.0 Å². The molecule has 0 amide bonds. The smallest absolute Gasteiger partial charge is 0.171 e. The quantitative estimate of drug-likeness (QED) is 0.375. The van der Waals surface area contributed by atoms with Crippen LogP contribution in [0.3, 0.4) is 0 Å². The Morgan fingerprint density at radius 2 is 2.41 bits per heavy atom. The lowest BCUT2D eigenvalue weighted by Crippen LogP contribution is -2.42. The minimum Gasteiger partial charge on any atom is -0.409 e. The van der Waals surface area contributed by atoms with E-state index in [9.17, 15) is 4.39 Å². The maximum atomic E-state index is 13.1. The summed E-state index contributed by atoms with van der Waals surface area (Å²) in [6.45, 7) is 0. The van der Waals surface area contributed by atoms with Crippen molar-refractivity contribution >= 4 is 33.7 Å². The van der Waals surface area contributed by atoms with Gasteiger partial charge >= 0.3 is 0 Å². The van der Waals surface area contributed by atoms with E-state index in [4.69, 9.17) is 15.9 Å². The monoisotopic (exact) mass is 302 g/mol. The van der Waals surface area contributed by atoms with E-state index in [-0.39, 0.29) is 10.3 Å². The highest BCUT2D eigenvalue weighted by Crippen LogP contribution is 2.26. The number of halogens is 2. The molecule has 0 radical (unpaired) electrons. The first-order valence-corrected chi connectivity index (χ1v) is 5.35. The number of nitrogens with two attached hydrogens (primary N) is 1. The Morgan fingerprint density at radius 1 is 1.65 bits per heavy atom. The molecule has 6 nitrogen and oxygen atoms in total. The summed E-state index contributed by atoms with van der Waals surface area (Å²) in [5.74, 6) is -0.471. The van der Waals surface area contributed by atoms with Crippen LogP contribution in [-0.4, -0.2) is 23.3 Å². The molecule has 0 aliphatic carbocycles. The van der Waals surface area contributed by atoms with Gasteiger partial charge in [-0.05, 0) is 34.1 Å². The molecule has 3 N–H and O–H groups in total. The molecular formula is C9H8BrFN4O2. The molecule has 1 aromatic carbocycles. The van der Waals surface area contributed by atoms with Crippen molar-refractivity contribution < 1.29 is 14.5 Å². The molecule has 0 fully saturated rings. The van der Waals surface area contributed by atoms with E-state index < -0.39 is 11.9 Å². The zero-order chi connectivity index (χ0) is 12.4. The van der Waals surface area contributed by atoms with Crippen molar-refractivity contribution in [3.63, 3.8) is 0 Å². The zero-order valence-electron chi connectivity index (χ0n) is 8.42. The number of anilines is 1. The third kappa shape index (κ3) is 2.16. The zero-order valence-corrected chi connectivity index (χ0v) is 10.0. The van der Waals surface area contributed by atoms with Crippen molar-refractivity contribution in [3.8, 4) is 0 Å². The van der Waals surface area contributed by atoms with E-state index >= 15 is 0 Å². The second kappa shape index (κ2) is 4.58. The van der Waals surface area contributed by atoms with Gasteiger partial charge in [-0.1, -0.05) is 10.3 Å². The normalized spacial score (nSPS) is 19.5. The number of hydrogen-bond acceptors (Lipinski definition) is 5. The van der Waals surface area contributed by atoms with Crippen molar-refractivity contribution in [2.24, 2.45) is 16.0 Å². The fourth-order valence-corrected chi connectivity index (χ4v) is 1.70. The highest BCUT2D eigenvalue weighted by Gasteiger charge is 2.28. The number of hydroxylamine groups is 1. The number of rotatable bonds is 2. The molecule has 1 unspecified atom stereocenters. The van der Waals surface area contributed by atoms with Crippen LogP contribution >= 0.6 is 15.9 Å². The summed E-state index contributed by atoms with van der Waals surface area (Å²) in [7, 11) is 0. The molecule has 1 aromatic rings. The first-order valence-electron chi connectivity index (χ1n) is 4.56. The molecule has 1 atom stereocenters. The summed E-state index contributed by atoms with van der Waals surface area (Å²) in [5.41, 5.74) is 6.00. The molecule has 1 aliphatic rings. The van der Waals surface area contributed by atoms with Gasteiger partial charge in [0.1, 0.15) is 5.82 Å². The molecule has 90 valence electrons. The summed E-state index contributed by atoms with van der Waals surface area (Å²) >= 11 is 3.06. The van der Waals surface area contributed by atoms with Crippen LogP contribution in [0.4, 0.5) is 10.1 Å². The number of oxime groups is 2. The van der Waals surface area contributed by atoms with E-state index in [0.717, 1.165) is 0 Å². The number of hydrogen-bond donors (Lipinski definition) is 2. The van der Waals surface area contributed by atoms with Gasteiger partial charge < -0.3 is 10.9 Å². The fourth-order valence-electron chi connectivity index (χ4n) is 1.33. The van der Waals surface area contributed by atoms with E-state index in [1.54, 1.807) is 0 Å². The van der Waals surface area contributed by atoms with Crippen LogP contribution < -0.4 is 10.8 Å². The molecule has 0 aromatic heterocycles. The Morgan fingerprint density at radius 3 is 3.06 bits per heavy atom. The number of amidine groups is 1. The third-order valence-electron chi connectivity index (χ3n) is 2.17. The van der Waals surface area contributed by atoms with Gasteiger partial charge in [0.2, 0.25) is 0 Å². The lowest BCUT2D eigenvalue weighted by molar-refractivity contribution is 0.138. The SMILES string of the molecule is NC(=NO)C1C=NON1c1ccc(F)c(Br)c1. The molecule has 0 saturated carbocycles. The first kappa shape index (κ1) is 11.6. The molecule has 1 heterocycles. The van der Waals surface area contributed by atoms with Crippen LogP contribution in [0.1, 0.15) is 0 Å². The summed E-state index contributed by atoms with van der Waals surface area (Å²) in [4.78, 5) is 4.96. The van der Waals surface area contributed by atoms with Crippen molar-refractivity contribution in [1.29, 1.82) is 0 Å². The fraction of sp³-hybridized carbons (Fsp3) is 0.111. The maximum absolute atomic E-state index is 13.1. The van der Waals surface area contributed by atoms with Gasteiger partial charge in [-0.25, -0.2) is 4.39 Å². The molecule has 0 spiro atoms. The van der Waals surface area contributed by atoms with Gasteiger partial charge in [0, 0.05) is 0 Å². The maximum Gasteiger partial charge on any atom is 0.171 e. The predicted molar refractivity (Wildman–Crippen MR) is 63.4 cm³/mol. The van der Waals surface area contributed by atoms with Gasteiger partial charge in [0.05, 0.1) is 16.4 Å². The van der Waals surface area contributed by atoms with Crippen LogP contribution in [0.2, 0.25) is 0 Å². The van der Waals surface area contributed by atoms with E-state index in [1.807, 2.05) is 0 Å². The van der Waals surface area contributed by atoms with E-state index in [1.165, 1.54) is 29.5 Å². The number of nitrogens with zero attached hydrogens (tertiary/aromatic N) is 3. The Kier molecular flexibility index (Phi) is 3.14. The van der Waals surface area contributed by atoms with Crippen molar-refractivity contribution in [1.82, 2.24) is 0 Å². The van der Waals surface area contributed by atoms with Crippen molar-refractivity contribution in [2.45, 2.75) is 6.04 Å². The molecule has 0 saturated heterocycles. The van der Waals surface area contributed by atoms with Crippen LogP contribution in [0, 0.1) is 5.82 Å². The molecule has 0 bridgehead atoms. The van der Waals surface area contributed by atoms with Gasteiger partial charge in [-0.15, -0.1) is 0 Å². The van der Waals surface area contributed by atoms with Gasteiger partial charge in [0.25, 0.3) is 0 Å². The lowest BCUT2D eigenvalue weighted by Gasteiger charge is -2.20. The Balaban J connectivity index is 2.31. The van der Waals surface area contributed by atoms with E-state index in [0.29, 0.717) is 5.69 Å². The minimum absolute atomic E-state index is 0.0771. The summed E-state index contributed by atoms with van der Waals surface area (Å²) < 4.78 is 13.4. The summed E-state index contributed by atoms with van der Waals surface area (Å²) in [6.07, 6.45) is 1.37. The third-order valence-corrected chi connectivity index (χ3v) is 2.77. The standard InChI is InChI=1S/C9H8BrFN4O2/c10-6-3-5(1-2-7(6)11)15-8(4-13-17-15)9(12)14-16/h1-4,8,16H,(H2,12,14). The topological polar surface area (TPSA) is 83.4 Å². The predicted octanol–water partition coefficient (Wildman–Crippen LogP) is 1.44. The first-order chi connectivity index (χ1) is 8.13. The molecule has 17 heavy (non-hydrogen) atoms. The lowest BCUT2D eigenvalue weighted by atomic mass is 10.2. The molecule has 2 rings (SSSR count). The largest absolute Gasteiger partial charge is 0.409 e. The summed E-state index contributed by atoms with van der Waals surface area (Å²) in [6, 6.07) is 3.63.